The van der Waals surface area contributed by atoms with Crippen LogP contribution in [0.2, 0.25) is 0 Å². The van der Waals surface area contributed by atoms with Crippen molar-refractivity contribution in [3.8, 4) is 0 Å². The van der Waals surface area contributed by atoms with Gasteiger partial charge in [0.15, 0.2) is 0 Å². The van der Waals surface area contributed by atoms with E-state index in [0.717, 1.165) is 12.8 Å². The molecule has 0 radical (unpaired) electrons. The van der Waals surface area contributed by atoms with Crippen molar-refractivity contribution in [3.05, 3.63) is 34.9 Å². The van der Waals surface area contributed by atoms with Crippen LogP contribution in [0.15, 0.2) is 12.1 Å². The van der Waals surface area contributed by atoms with Crippen LogP contribution in [0.5, 0.6) is 0 Å². The van der Waals surface area contributed by atoms with E-state index < -0.39 is 17.7 Å². The standard InChI is InChI=1S/C13H18F2N2/c1-7-3-6-10(14)11(12(7)15)13(17-16)8(2)9-4-5-9/h3,6,8-9,13,17H,4-5,16H2,1-2H3. The first-order valence-electron chi connectivity index (χ1n) is 5.97. The van der Waals surface area contributed by atoms with Crippen LogP contribution in [-0.4, -0.2) is 0 Å². The molecular weight excluding hydrogens is 222 g/mol. The summed E-state index contributed by atoms with van der Waals surface area (Å²) in [4.78, 5) is 0. The highest BCUT2D eigenvalue weighted by molar-refractivity contribution is 5.29. The Morgan fingerprint density at radius 3 is 2.53 bits per heavy atom. The molecule has 2 rings (SSSR count). The van der Waals surface area contributed by atoms with Gasteiger partial charge in [0.05, 0.1) is 6.04 Å². The second kappa shape index (κ2) is 4.70. The van der Waals surface area contributed by atoms with Crippen molar-refractivity contribution >= 4 is 0 Å². The zero-order valence-electron chi connectivity index (χ0n) is 10.1. The van der Waals surface area contributed by atoms with Crippen molar-refractivity contribution in [2.75, 3.05) is 0 Å². The number of hydrogen-bond acceptors (Lipinski definition) is 2. The summed E-state index contributed by atoms with van der Waals surface area (Å²) in [5.41, 5.74) is 3.09. The molecule has 1 aliphatic rings. The van der Waals surface area contributed by atoms with E-state index in [2.05, 4.69) is 5.43 Å². The highest BCUT2D eigenvalue weighted by Crippen LogP contribution is 2.43. The van der Waals surface area contributed by atoms with Gasteiger partial charge in [-0.15, -0.1) is 0 Å². The summed E-state index contributed by atoms with van der Waals surface area (Å²) in [6.45, 7) is 3.62. The van der Waals surface area contributed by atoms with Gasteiger partial charge in [-0.05, 0) is 43.2 Å². The molecule has 3 N–H and O–H groups in total. The van der Waals surface area contributed by atoms with E-state index >= 15 is 0 Å². The molecule has 0 bridgehead atoms. The summed E-state index contributed by atoms with van der Waals surface area (Å²) >= 11 is 0. The molecule has 1 aromatic rings. The van der Waals surface area contributed by atoms with Crippen LogP contribution in [0.4, 0.5) is 8.78 Å². The van der Waals surface area contributed by atoms with Gasteiger partial charge in [-0.1, -0.05) is 13.0 Å². The molecule has 94 valence electrons. The first-order valence-corrected chi connectivity index (χ1v) is 5.97. The predicted octanol–water partition coefficient (Wildman–Crippen LogP) is 2.82. The summed E-state index contributed by atoms with van der Waals surface area (Å²) in [5.74, 6) is 5.13. The lowest BCUT2D eigenvalue weighted by Crippen LogP contribution is -2.34. The minimum Gasteiger partial charge on any atom is -0.271 e. The Kier molecular flexibility index (Phi) is 3.45. The Morgan fingerprint density at radius 2 is 2.00 bits per heavy atom. The zero-order chi connectivity index (χ0) is 12.6. The third-order valence-corrected chi connectivity index (χ3v) is 3.70. The lowest BCUT2D eigenvalue weighted by molar-refractivity contribution is 0.333. The van der Waals surface area contributed by atoms with Crippen molar-refractivity contribution in [2.24, 2.45) is 17.7 Å². The molecule has 0 amide bonds. The minimum atomic E-state index is -0.524. The van der Waals surface area contributed by atoms with Crippen LogP contribution in [-0.2, 0) is 0 Å². The van der Waals surface area contributed by atoms with Crippen LogP contribution < -0.4 is 11.3 Å². The van der Waals surface area contributed by atoms with Crippen LogP contribution in [0, 0.1) is 30.4 Å². The number of rotatable bonds is 4. The number of halogens is 2. The van der Waals surface area contributed by atoms with Gasteiger partial charge in [-0.3, -0.25) is 11.3 Å². The first kappa shape index (κ1) is 12.5. The fourth-order valence-electron chi connectivity index (χ4n) is 2.36. The summed E-state index contributed by atoms with van der Waals surface area (Å²) in [5, 5.41) is 0. The average molecular weight is 240 g/mol. The summed E-state index contributed by atoms with van der Waals surface area (Å²) in [7, 11) is 0. The van der Waals surface area contributed by atoms with Crippen LogP contribution in [0.1, 0.15) is 36.9 Å². The number of benzene rings is 1. The first-order chi connectivity index (χ1) is 8.06. The highest BCUT2D eigenvalue weighted by Gasteiger charge is 2.36. The Balaban J connectivity index is 2.38. The molecule has 4 heteroatoms. The fourth-order valence-corrected chi connectivity index (χ4v) is 2.36. The maximum Gasteiger partial charge on any atom is 0.133 e. The largest absolute Gasteiger partial charge is 0.271 e. The summed E-state index contributed by atoms with van der Waals surface area (Å²) < 4.78 is 27.8. The molecule has 2 atom stereocenters. The molecule has 0 aliphatic heterocycles. The monoisotopic (exact) mass is 240 g/mol. The normalized spacial score (nSPS) is 19.1. The van der Waals surface area contributed by atoms with Crippen molar-refractivity contribution in [1.29, 1.82) is 0 Å². The van der Waals surface area contributed by atoms with Gasteiger partial charge >= 0.3 is 0 Å². The van der Waals surface area contributed by atoms with Crippen molar-refractivity contribution < 1.29 is 8.78 Å². The van der Waals surface area contributed by atoms with Crippen molar-refractivity contribution in [2.45, 2.75) is 32.7 Å². The van der Waals surface area contributed by atoms with Crippen molar-refractivity contribution in [1.82, 2.24) is 5.43 Å². The molecule has 0 saturated heterocycles. The number of aryl methyl sites for hydroxylation is 1. The molecule has 0 spiro atoms. The second-order valence-electron chi connectivity index (χ2n) is 4.93. The molecule has 1 saturated carbocycles. The number of hydrogen-bond donors (Lipinski definition) is 2. The number of nitrogens with two attached hydrogens (primary N) is 1. The summed E-state index contributed by atoms with van der Waals surface area (Å²) in [6, 6.07) is 2.30. The van der Waals surface area contributed by atoms with Gasteiger partial charge in [-0.25, -0.2) is 8.78 Å². The van der Waals surface area contributed by atoms with Crippen LogP contribution in [0.25, 0.3) is 0 Å². The molecule has 2 unspecified atom stereocenters. The van der Waals surface area contributed by atoms with Gasteiger partial charge in [0.1, 0.15) is 11.6 Å². The van der Waals surface area contributed by atoms with E-state index in [1.165, 1.54) is 12.1 Å². The van der Waals surface area contributed by atoms with E-state index in [1.807, 2.05) is 6.92 Å². The van der Waals surface area contributed by atoms with Gasteiger partial charge in [0.25, 0.3) is 0 Å². The molecule has 2 nitrogen and oxygen atoms in total. The summed E-state index contributed by atoms with van der Waals surface area (Å²) in [6.07, 6.45) is 2.24. The van der Waals surface area contributed by atoms with Crippen LogP contribution in [0.3, 0.4) is 0 Å². The Bertz CT molecular complexity index is 416. The van der Waals surface area contributed by atoms with E-state index in [4.69, 9.17) is 5.84 Å². The van der Waals surface area contributed by atoms with E-state index in [-0.39, 0.29) is 11.5 Å². The smallest absolute Gasteiger partial charge is 0.133 e. The molecule has 1 fully saturated rings. The average Bonchev–Trinajstić information content (AvgIpc) is 3.13. The maximum atomic E-state index is 14.0. The van der Waals surface area contributed by atoms with Gasteiger partial charge < -0.3 is 0 Å². The maximum absolute atomic E-state index is 14.0. The quantitative estimate of drug-likeness (QED) is 0.627. The molecule has 1 aliphatic carbocycles. The van der Waals surface area contributed by atoms with Gasteiger partial charge in [0.2, 0.25) is 0 Å². The molecule has 1 aromatic carbocycles. The fraction of sp³-hybridized carbons (Fsp3) is 0.538. The predicted molar refractivity (Wildman–Crippen MR) is 63.0 cm³/mol. The molecule has 17 heavy (non-hydrogen) atoms. The highest BCUT2D eigenvalue weighted by atomic mass is 19.1. The Labute approximate surface area is 100 Å². The van der Waals surface area contributed by atoms with E-state index in [0.29, 0.717) is 11.5 Å². The van der Waals surface area contributed by atoms with E-state index in [9.17, 15) is 8.78 Å². The van der Waals surface area contributed by atoms with Crippen molar-refractivity contribution in [3.63, 3.8) is 0 Å². The molecular formula is C13H18F2N2. The minimum absolute atomic E-state index is 0.0758. The molecule has 0 heterocycles. The number of nitrogens with one attached hydrogen (secondary N) is 1. The van der Waals surface area contributed by atoms with Gasteiger partial charge in [-0.2, -0.15) is 0 Å². The number of hydrazine groups is 1. The third kappa shape index (κ3) is 2.33. The van der Waals surface area contributed by atoms with E-state index in [1.54, 1.807) is 6.92 Å². The lowest BCUT2D eigenvalue weighted by Gasteiger charge is -2.24. The third-order valence-electron chi connectivity index (χ3n) is 3.70. The Hall–Kier alpha value is -1.00. The second-order valence-corrected chi connectivity index (χ2v) is 4.93. The topological polar surface area (TPSA) is 38.0 Å². The van der Waals surface area contributed by atoms with Crippen LogP contribution >= 0.6 is 0 Å². The lowest BCUT2D eigenvalue weighted by atomic mass is 9.89. The Morgan fingerprint density at radius 1 is 1.35 bits per heavy atom. The van der Waals surface area contributed by atoms with Gasteiger partial charge in [0, 0.05) is 5.56 Å². The SMILES string of the molecule is Cc1ccc(F)c(C(NN)C(C)C2CC2)c1F. The molecule has 0 aromatic heterocycles. The zero-order valence-corrected chi connectivity index (χ0v) is 10.1.